The lowest BCUT2D eigenvalue weighted by Crippen LogP contribution is -2.37. The van der Waals surface area contributed by atoms with Crippen molar-refractivity contribution in [3.8, 4) is 0 Å². The van der Waals surface area contributed by atoms with Gasteiger partial charge < -0.3 is 5.11 Å². The lowest BCUT2D eigenvalue weighted by Gasteiger charge is -2.27. The fraction of sp³-hybridized carbons (Fsp3) is 0.278. The SMILES string of the molecule is CCc1cccc(CC)c1N(CC(=O)O)S(=O)(=O)c1cc(Cl)ccc1Cl. The van der Waals surface area contributed by atoms with Gasteiger partial charge in [-0.2, -0.15) is 0 Å². The summed E-state index contributed by atoms with van der Waals surface area (Å²) in [6, 6.07) is 9.49. The van der Waals surface area contributed by atoms with E-state index in [4.69, 9.17) is 23.2 Å². The Morgan fingerprint density at radius 1 is 1.08 bits per heavy atom. The lowest BCUT2D eigenvalue weighted by molar-refractivity contribution is -0.135. The standard InChI is InChI=1S/C18H19Cl2NO4S/c1-3-12-6-5-7-13(4-2)18(12)21(11-17(22)23)26(24,25)16-10-14(19)8-9-15(16)20/h5-10H,3-4,11H2,1-2H3,(H,22,23). The fourth-order valence-electron chi connectivity index (χ4n) is 2.74. The summed E-state index contributed by atoms with van der Waals surface area (Å²) in [5.74, 6) is -1.26. The minimum Gasteiger partial charge on any atom is -0.480 e. The van der Waals surface area contributed by atoms with Crippen molar-refractivity contribution in [1.82, 2.24) is 0 Å². The maximum absolute atomic E-state index is 13.3. The number of hydrogen-bond acceptors (Lipinski definition) is 3. The minimum absolute atomic E-state index is 0.0168. The number of nitrogens with zero attached hydrogens (tertiary/aromatic N) is 1. The predicted octanol–water partition coefficient (Wildman–Crippen LogP) is 4.40. The first kappa shape index (κ1) is 20.6. The maximum Gasteiger partial charge on any atom is 0.324 e. The van der Waals surface area contributed by atoms with Gasteiger partial charge in [-0.1, -0.05) is 55.2 Å². The van der Waals surface area contributed by atoms with Gasteiger partial charge in [0.2, 0.25) is 0 Å². The molecule has 0 atom stereocenters. The summed E-state index contributed by atoms with van der Waals surface area (Å²) in [6.07, 6.45) is 1.11. The Labute approximate surface area is 163 Å². The van der Waals surface area contributed by atoms with E-state index in [-0.39, 0.29) is 14.9 Å². The number of aryl methyl sites for hydroxylation is 2. The number of anilines is 1. The van der Waals surface area contributed by atoms with Gasteiger partial charge in [0.25, 0.3) is 10.0 Å². The molecule has 0 aliphatic rings. The number of carboxylic acids is 1. The first-order valence-corrected chi connectivity index (χ1v) is 10.2. The van der Waals surface area contributed by atoms with Gasteiger partial charge >= 0.3 is 5.97 Å². The van der Waals surface area contributed by atoms with Crippen molar-refractivity contribution in [1.29, 1.82) is 0 Å². The van der Waals surface area contributed by atoms with Gasteiger partial charge in [0.05, 0.1) is 10.7 Å². The fourth-order valence-corrected chi connectivity index (χ4v) is 4.97. The van der Waals surface area contributed by atoms with Gasteiger partial charge in [0, 0.05) is 5.02 Å². The van der Waals surface area contributed by atoms with Crippen LogP contribution in [0, 0.1) is 0 Å². The molecule has 8 heteroatoms. The Kier molecular flexibility index (Phi) is 6.55. The smallest absolute Gasteiger partial charge is 0.324 e. The van der Waals surface area contributed by atoms with Crippen LogP contribution in [0.5, 0.6) is 0 Å². The van der Waals surface area contributed by atoms with E-state index in [0.717, 1.165) is 15.4 Å². The number of sulfonamides is 1. The Bertz CT molecular complexity index is 907. The normalized spacial score (nSPS) is 11.4. The average Bonchev–Trinajstić information content (AvgIpc) is 2.60. The Balaban J connectivity index is 2.77. The van der Waals surface area contributed by atoms with Gasteiger partial charge in [-0.25, -0.2) is 8.42 Å². The molecular weight excluding hydrogens is 397 g/mol. The second kappa shape index (κ2) is 8.29. The second-order valence-corrected chi connectivity index (χ2v) is 8.29. The van der Waals surface area contributed by atoms with Crippen molar-refractivity contribution in [3.63, 3.8) is 0 Å². The summed E-state index contributed by atoms with van der Waals surface area (Å²) in [6.45, 7) is 3.06. The highest BCUT2D eigenvalue weighted by Crippen LogP contribution is 2.34. The number of hydrogen-bond donors (Lipinski definition) is 1. The molecule has 0 radical (unpaired) electrons. The molecule has 0 amide bonds. The van der Waals surface area contributed by atoms with Crippen molar-refractivity contribution in [2.24, 2.45) is 0 Å². The number of aliphatic carboxylic acids is 1. The van der Waals surface area contributed by atoms with Gasteiger partial charge in [0.1, 0.15) is 11.4 Å². The van der Waals surface area contributed by atoms with Crippen molar-refractivity contribution < 1.29 is 18.3 Å². The van der Waals surface area contributed by atoms with Crippen LogP contribution in [-0.4, -0.2) is 26.0 Å². The molecule has 0 saturated carbocycles. The Morgan fingerprint density at radius 3 is 2.15 bits per heavy atom. The van der Waals surface area contributed by atoms with Crippen LogP contribution >= 0.6 is 23.2 Å². The maximum atomic E-state index is 13.3. The zero-order valence-electron chi connectivity index (χ0n) is 14.4. The number of halogens is 2. The van der Waals surface area contributed by atoms with E-state index >= 15 is 0 Å². The number of carbonyl (C=O) groups is 1. The summed E-state index contributed by atoms with van der Waals surface area (Å²) in [5, 5.41) is 9.52. The van der Waals surface area contributed by atoms with Crippen molar-refractivity contribution in [2.45, 2.75) is 31.6 Å². The van der Waals surface area contributed by atoms with Gasteiger partial charge in [-0.15, -0.1) is 0 Å². The highest BCUT2D eigenvalue weighted by molar-refractivity contribution is 7.93. The van der Waals surface area contributed by atoms with Crippen LogP contribution in [0.25, 0.3) is 0 Å². The Morgan fingerprint density at radius 2 is 1.65 bits per heavy atom. The molecular formula is C18H19Cl2NO4S. The van der Waals surface area contributed by atoms with Gasteiger partial charge in [0.15, 0.2) is 0 Å². The van der Waals surface area contributed by atoms with Crippen LogP contribution in [0.15, 0.2) is 41.3 Å². The third-order valence-corrected chi connectivity index (χ3v) is 6.42. The number of para-hydroxylation sites is 1. The second-order valence-electron chi connectivity index (χ2n) is 5.61. The van der Waals surface area contributed by atoms with Crippen molar-refractivity contribution in [2.75, 3.05) is 10.8 Å². The summed E-state index contributed by atoms with van der Waals surface area (Å²) in [5.41, 5.74) is 1.87. The van der Waals surface area contributed by atoms with Crippen LogP contribution in [0.4, 0.5) is 5.69 Å². The molecule has 0 unspecified atom stereocenters. The van der Waals surface area contributed by atoms with Crippen LogP contribution in [-0.2, 0) is 27.7 Å². The number of rotatable bonds is 7. The largest absolute Gasteiger partial charge is 0.480 e. The summed E-state index contributed by atoms with van der Waals surface area (Å²) in [4.78, 5) is 11.2. The van der Waals surface area contributed by atoms with Crippen LogP contribution in [0.1, 0.15) is 25.0 Å². The average molecular weight is 416 g/mol. The van der Waals surface area contributed by atoms with Gasteiger partial charge in [-0.3, -0.25) is 9.10 Å². The molecule has 2 aromatic rings. The minimum atomic E-state index is -4.23. The molecule has 0 heterocycles. The first-order valence-electron chi connectivity index (χ1n) is 8.02. The summed E-state index contributed by atoms with van der Waals surface area (Å²) < 4.78 is 27.5. The zero-order chi connectivity index (χ0) is 19.5. The molecule has 26 heavy (non-hydrogen) atoms. The molecule has 2 aromatic carbocycles. The van der Waals surface area contributed by atoms with Crippen LogP contribution in [0.3, 0.4) is 0 Å². The van der Waals surface area contributed by atoms with Crippen LogP contribution in [0.2, 0.25) is 10.0 Å². The highest BCUT2D eigenvalue weighted by atomic mass is 35.5. The van der Waals surface area contributed by atoms with Crippen molar-refractivity contribution in [3.05, 3.63) is 57.6 Å². The summed E-state index contributed by atoms with van der Waals surface area (Å²) in [7, 11) is -4.23. The lowest BCUT2D eigenvalue weighted by atomic mass is 10.0. The summed E-state index contributed by atoms with van der Waals surface area (Å²) >= 11 is 12.0. The molecule has 2 rings (SSSR count). The molecule has 0 spiro atoms. The van der Waals surface area contributed by atoms with E-state index in [1.807, 2.05) is 19.9 Å². The van der Waals surface area contributed by atoms with E-state index in [1.165, 1.54) is 18.2 Å². The number of carboxylic acid groups (broad SMARTS) is 1. The number of benzene rings is 2. The highest BCUT2D eigenvalue weighted by Gasteiger charge is 2.31. The molecule has 1 N–H and O–H groups in total. The molecule has 0 aromatic heterocycles. The van der Waals surface area contributed by atoms with Gasteiger partial charge in [-0.05, 0) is 42.2 Å². The predicted molar refractivity (Wildman–Crippen MR) is 104 cm³/mol. The molecule has 0 aliphatic carbocycles. The van der Waals surface area contributed by atoms with E-state index in [1.54, 1.807) is 12.1 Å². The quantitative estimate of drug-likeness (QED) is 0.726. The van der Waals surface area contributed by atoms with E-state index in [0.29, 0.717) is 18.5 Å². The van der Waals surface area contributed by atoms with E-state index < -0.39 is 22.5 Å². The molecule has 0 saturated heterocycles. The third kappa shape index (κ3) is 4.14. The molecule has 0 aliphatic heterocycles. The Hall–Kier alpha value is -1.76. The third-order valence-electron chi connectivity index (χ3n) is 3.95. The zero-order valence-corrected chi connectivity index (χ0v) is 16.7. The van der Waals surface area contributed by atoms with E-state index in [9.17, 15) is 18.3 Å². The molecule has 140 valence electrons. The first-order chi connectivity index (χ1) is 12.2. The van der Waals surface area contributed by atoms with Crippen molar-refractivity contribution >= 4 is 44.9 Å². The van der Waals surface area contributed by atoms with E-state index in [2.05, 4.69) is 0 Å². The molecule has 0 bridgehead atoms. The monoisotopic (exact) mass is 415 g/mol. The topological polar surface area (TPSA) is 74.7 Å². The molecule has 0 fully saturated rings. The molecule has 5 nitrogen and oxygen atoms in total. The van der Waals surface area contributed by atoms with Crippen LogP contribution < -0.4 is 4.31 Å².